The quantitative estimate of drug-likeness (QED) is 0.801. The molecule has 0 amide bonds. The maximum Gasteiger partial charge on any atom is 0.0763 e. The van der Waals surface area contributed by atoms with Crippen LogP contribution in [0.25, 0.3) is 0 Å². The van der Waals surface area contributed by atoms with Gasteiger partial charge < -0.3 is 10.4 Å². The highest BCUT2D eigenvalue weighted by Gasteiger charge is 2.12. The van der Waals surface area contributed by atoms with E-state index >= 15 is 0 Å². The fourth-order valence-corrected chi connectivity index (χ4v) is 2.38. The van der Waals surface area contributed by atoms with Gasteiger partial charge in [-0.15, -0.1) is 0 Å². The second-order valence-electron chi connectivity index (χ2n) is 3.79. The van der Waals surface area contributed by atoms with Gasteiger partial charge in [-0.25, -0.2) is 0 Å². The Hall–Kier alpha value is 0.190. The summed E-state index contributed by atoms with van der Waals surface area (Å²) in [6, 6.07) is 6.06. The summed E-state index contributed by atoms with van der Waals surface area (Å²) in [5, 5.41) is 12.7. The zero-order valence-corrected chi connectivity index (χ0v) is 11.9. The second kappa shape index (κ2) is 4.81. The van der Waals surface area contributed by atoms with E-state index in [9.17, 15) is 5.11 Å². The molecule has 14 heavy (non-hydrogen) atoms. The first-order chi connectivity index (χ1) is 6.38. The van der Waals surface area contributed by atoms with Crippen LogP contribution in [0.1, 0.15) is 13.8 Å². The number of hydrogen-bond donors (Lipinski definition) is 2. The maximum atomic E-state index is 9.55. The van der Waals surface area contributed by atoms with Gasteiger partial charge in [0.2, 0.25) is 0 Å². The topological polar surface area (TPSA) is 32.3 Å². The van der Waals surface area contributed by atoms with Crippen molar-refractivity contribution in [1.82, 2.24) is 0 Å². The smallest absolute Gasteiger partial charge is 0.0763 e. The lowest BCUT2D eigenvalue weighted by Crippen LogP contribution is -2.29. The summed E-state index contributed by atoms with van der Waals surface area (Å²) < 4.78 is 2.21. The summed E-state index contributed by atoms with van der Waals surface area (Å²) >= 11 is 5.73. The molecule has 1 aromatic rings. The molecule has 78 valence electrons. The first kappa shape index (κ1) is 12.3. The van der Waals surface area contributed by atoms with E-state index in [4.69, 9.17) is 0 Å². The Morgan fingerprint density at radius 3 is 2.64 bits per heavy atom. The molecule has 1 aromatic carbocycles. The van der Waals surface area contributed by atoms with Crippen LogP contribution in [0.2, 0.25) is 0 Å². The van der Waals surface area contributed by atoms with Gasteiger partial charge in [0.25, 0.3) is 0 Å². The van der Waals surface area contributed by atoms with Crippen LogP contribution >= 0.6 is 38.5 Å². The van der Waals surface area contributed by atoms with Gasteiger partial charge in [-0.3, -0.25) is 0 Å². The van der Waals surface area contributed by atoms with E-state index in [0.717, 1.165) is 10.2 Å². The molecule has 0 radical (unpaired) electrons. The molecule has 0 saturated carbocycles. The van der Waals surface area contributed by atoms with Crippen LogP contribution in [0.5, 0.6) is 0 Å². The van der Waals surface area contributed by atoms with E-state index in [2.05, 4.69) is 43.8 Å². The van der Waals surface area contributed by atoms with Crippen LogP contribution in [0, 0.1) is 3.57 Å². The number of rotatable bonds is 3. The minimum Gasteiger partial charge on any atom is -0.389 e. The first-order valence-electron chi connectivity index (χ1n) is 4.30. The lowest BCUT2D eigenvalue weighted by atomic mass is 10.1. The standard InChI is InChI=1S/C10H13BrINO/c1-10(2,14)6-13-9-4-3-7(12)5-8(9)11/h3-5,13-14H,6H2,1-2H3. The molecule has 1 rings (SSSR count). The lowest BCUT2D eigenvalue weighted by molar-refractivity contribution is 0.0945. The van der Waals surface area contributed by atoms with E-state index in [1.807, 2.05) is 18.2 Å². The van der Waals surface area contributed by atoms with Gasteiger partial charge in [-0.1, -0.05) is 0 Å². The van der Waals surface area contributed by atoms with Crippen molar-refractivity contribution in [2.24, 2.45) is 0 Å². The third kappa shape index (κ3) is 4.14. The van der Waals surface area contributed by atoms with Gasteiger partial charge in [0.15, 0.2) is 0 Å². The molecule has 0 atom stereocenters. The maximum absolute atomic E-state index is 9.55. The third-order valence-corrected chi connectivity index (χ3v) is 2.97. The minimum absolute atomic E-state index is 0.534. The molecule has 0 heterocycles. The molecule has 0 fully saturated rings. The Balaban J connectivity index is 2.68. The van der Waals surface area contributed by atoms with E-state index in [1.54, 1.807) is 13.8 Å². The highest BCUT2D eigenvalue weighted by Crippen LogP contribution is 2.24. The Morgan fingerprint density at radius 2 is 2.14 bits per heavy atom. The molecule has 2 N–H and O–H groups in total. The van der Waals surface area contributed by atoms with Gasteiger partial charge in [-0.05, 0) is 70.6 Å². The van der Waals surface area contributed by atoms with E-state index in [0.29, 0.717) is 6.54 Å². The van der Waals surface area contributed by atoms with Crippen molar-refractivity contribution >= 4 is 44.2 Å². The summed E-state index contributed by atoms with van der Waals surface area (Å²) in [5.41, 5.74) is 0.315. The molecule has 0 saturated heterocycles. The first-order valence-corrected chi connectivity index (χ1v) is 6.17. The van der Waals surface area contributed by atoms with Crippen molar-refractivity contribution in [2.45, 2.75) is 19.4 Å². The van der Waals surface area contributed by atoms with Crippen molar-refractivity contribution in [2.75, 3.05) is 11.9 Å². The minimum atomic E-state index is -0.692. The Morgan fingerprint density at radius 1 is 1.50 bits per heavy atom. The van der Waals surface area contributed by atoms with Crippen LogP contribution in [-0.4, -0.2) is 17.3 Å². The van der Waals surface area contributed by atoms with Gasteiger partial charge in [0, 0.05) is 20.3 Å². The molecule has 0 bridgehead atoms. The SMILES string of the molecule is CC(C)(O)CNc1ccc(I)cc1Br. The summed E-state index contributed by atoms with van der Waals surface area (Å²) in [5.74, 6) is 0. The molecule has 0 spiro atoms. The number of benzene rings is 1. The van der Waals surface area contributed by atoms with Crippen LogP contribution < -0.4 is 5.32 Å². The normalized spacial score (nSPS) is 11.5. The third-order valence-electron chi connectivity index (χ3n) is 1.64. The highest BCUT2D eigenvalue weighted by molar-refractivity contribution is 14.1. The van der Waals surface area contributed by atoms with Crippen molar-refractivity contribution in [1.29, 1.82) is 0 Å². The molecule has 0 aliphatic rings. The molecular formula is C10H13BrINO. The lowest BCUT2D eigenvalue weighted by Gasteiger charge is -2.19. The van der Waals surface area contributed by atoms with Crippen LogP contribution in [0.15, 0.2) is 22.7 Å². The number of halogens is 2. The van der Waals surface area contributed by atoms with Crippen LogP contribution in [-0.2, 0) is 0 Å². The largest absolute Gasteiger partial charge is 0.389 e. The summed E-state index contributed by atoms with van der Waals surface area (Å²) in [6.45, 7) is 4.09. The second-order valence-corrected chi connectivity index (χ2v) is 5.89. The summed E-state index contributed by atoms with van der Waals surface area (Å²) in [6.07, 6.45) is 0. The number of anilines is 1. The van der Waals surface area contributed by atoms with Crippen molar-refractivity contribution in [3.63, 3.8) is 0 Å². The fourth-order valence-electron chi connectivity index (χ4n) is 0.944. The number of aliphatic hydroxyl groups is 1. The monoisotopic (exact) mass is 369 g/mol. The van der Waals surface area contributed by atoms with Crippen molar-refractivity contribution in [3.8, 4) is 0 Å². The average molecular weight is 370 g/mol. The van der Waals surface area contributed by atoms with Gasteiger partial charge >= 0.3 is 0 Å². The highest BCUT2D eigenvalue weighted by atomic mass is 127. The molecule has 0 unspecified atom stereocenters. The van der Waals surface area contributed by atoms with E-state index in [1.165, 1.54) is 3.57 Å². The van der Waals surface area contributed by atoms with Crippen molar-refractivity contribution < 1.29 is 5.11 Å². The number of hydrogen-bond acceptors (Lipinski definition) is 2. The van der Waals surface area contributed by atoms with Gasteiger partial charge in [0.05, 0.1) is 5.60 Å². The van der Waals surface area contributed by atoms with Crippen LogP contribution in [0.3, 0.4) is 0 Å². The predicted molar refractivity (Wildman–Crippen MR) is 71.6 cm³/mol. The van der Waals surface area contributed by atoms with E-state index < -0.39 is 5.60 Å². The zero-order valence-electron chi connectivity index (χ0n) is 8.14. The summed E-state index contributed by atoms with van der Waals surface area (Å²) in [4.78, 5) is 0. The molecule has 0 aliphatic carbocycles. The molecule has 0 aliphatic heterocycles. The Kier molecular flexibility index (Phi) is 4.21. The van der Waals surface area contributed by atoms with Gasteiger partial charge in [0.1, 0.15) is 0 Å². The van der Waals surface area contributed by atoms with Crippen molar-refractivity contribution in [3.05, 3.63) is 26.2 Å². The Labute approximate surface area is 106 Å². The molecule has 4 heteroatoms. The Bertz CT molecular complexity index is 322. The predicted octanol–water partition coefficient (Wildman–Crippen LogP) is 3.24. The average Bonchev–Trinajstić information content (AvgIpc) is 2.00. The fraction of sp³-hybridized carbons (Fsp3) is 0.400. The van der Waals surface area contributed by atoms with Gasteiger partial charge in [-0.2, -0.15) is 0 Å². The molecule has 0 aromatic heterocycles. The zero-order chi connectivity index (χ0) is 10.8. The molecule has 2 nitrogen and oxygen atoms in total. The van der Waals surface area contributed by atoms with Crippen LogP contribution in [0.4, 0.5) is 5.69 Å². The summed E-state index contributed by atoms with van der Waals surface area (Å²) in [7, 11) is 0. The van der Waals surface area contributed by atoms with E-state index in [-0.39, 0.29) is 0 Å². The molecular weight excluding hydrogens is 357 g/mol. The number of nitrogens with one attached hydrogen (secondary N) is 1.